The van der Waals surface area contributed by atoms with Crippen LogP contribution in [0.25, 0.3) is 6.08 Å². The lowest BCUT2D eigenvalue weighted by atomic mass is 10.1. The van der Waals surface area contributed by atoms with Gasteiger partial charge in [-0.25, -0.2) is 0 Å². The van der Waals surface area contributed by atoms with Crippen molar-refractivity contribution >= 4 is 41.1 Å². The number of rotatable bonds is 6. The smallest absolute Gasteiger partial charge is 0.262 e. The summed E-state index contributed by atoms with van der Waals surface area (Å²) in [5.41, 5.74) is 3.58. The van der Waals surface area contributed by atoms with E-state index in [1.807, 2.05) is 91.0 Å². The fourth-order valence-electron chi connectivity index (χ4n) is 5.38. The number of amides is 4. The van der Waals surface area contributed by atoms with E-state index in [9.17, 15) is 19.2 Å². The Balaban J connectivity index is 1.39. The Morgan fingerprint density at radius 2 is 1.24 bits per heavy atom. The number of hydrogen-bond donors (Lipinski definition) is 0. The van der Waals surface area contributed by atoms with Crippen molar-refractivity contribution in [2.75, 3.05) is 16.3 Å². The van der Waals surface area contributed by atoms with Gasteiger partial charge in [-0.3, -0.25) is 24.1 Å². The van der Waals surface area contributed by atoms with Crippen molar-refractivity contribution in [3.05, 3.63) is 138 Å². The fourth-order valence-corrected chi connectivity index (χ4v) is 5.38. The summed E-state index contributed by atoms with van der Waals surface area (Å²) in [4.78, 5) is 58.4. The van der Waals surface area contributed by atoms with Gasteiger partial charge in [0.05, 0.1) is 41.5 Å². The second-order valence-corrected chi connectivity index (χ2v) is 10.0. The molecule has 4 aromatic carbocycles. The zero-order chi connectivity index (χ0) is 28.3. The van der Waals surface area contributed by atoms with Crippen molar-refractivity contribution < 1.29 is 19.2 Å². The first kappa shape index (κ1) is 26.0. The van der Waals surface area contributed by atoms with Gasteiger partial charge in [0, 0.05) is 0 Å². The molecule has 202 valence electrons. The van der Waals surface area contributed by atoms with E-state index in [0.29, 0.717) is 17.9 Å². The van der Waals surface area contributed by atoms with Crippen LogP contribution in [0.4, 0.5) is 11.4 Å². The molecule has 0 fully saturated rings. The number of carbonyl (C=O) groups excluding carboxylic acids is 4. The third-order valence-corrected chi connectivity index (χ3v) is 7.38. The lowest BCUT2D eigenvalue weighted by molar-refractivity contribution is -0.120. The minimum atomic E-state index is -0.646. The summed E-state index contributed by atoms with van der Waals surface area (Å²) in [6.07, 6.45) is 3.75. The van der Waals surface area contributed by atoms with Gasteiger partial charge in [0.25, 0.3) is 11.8 Å². The van der Waals surface area contributed by atoms with Crippen molar-refractivity contribution in [3.63, 3.8) is 0 Å². The number of nitrogens with zero attached hydrogens (tertiary/aromatic N) is 3. The van der Waals surface area contributed by atoms with E-state index < -0.39 is 30.3 Å². The Bertz CT molecular complexity index is 1630. The molecule has 4 aromatic rings. The highest BCUT2D eigenvalue weighted by Crippen LogP contribution is 2.37. The van der Waals surface area contributed by atoms with Crippen molar-refractivity contribution in [3.8, 4) is 0 Å². The van der Waals surface area contributed by atoms with Crippen LogP contribution >= 0.6 is 0 Å². The number of benzene rings is 4. The number of anilines is 2. The molecule has 2 aliphatic heterocycles. The van der Waals surface area contributed by atoms with Crippen LogP contribution in [0.15, 0.2) is 115 Å². The molecule has 0 spiro atoms. The summed E-state index contributed by atoms with van der Waals surface area (Å²) < 4.78 is 0. The van der Waals surface area contributed by atoms with Crippen molar-refractivity contribution in [2.45, 2.75) is 19.0 Å². The lowest BCUT2D eigenvalue weighted by Gasteiger charge is -2.30. The maximum absolute atomic E-state index is 14.1. The van der Waals surface area contributed by atoms with E-state index in [1.54, 1.807) is 40.1 Å². The molecular weight excluding hydrogens is 514 g/mol. The molecule has 0 aromatic heterocycles. The first-order valence-corrected chi connectivity index (χ1v) is 13.4. The average molecular weight is 542 g/mol. The SMILES string of the molecule is O=C1c2ccccc2C(=O)N1CC(=O)N1c2ccccc2N(Cc2ccccc2)C(=O)CC1/C=C/c1ccccc1. The Morgan fingerprint density at radius 1 is 0.683 bits per heavy atom. The number of para-hydroxylation sites is 2. The molecule has 2 aliphatic rings. The average Bonchev–Trinajstić information content (AvgIpc) is 3.17. The summed E-state index contributed by atoms with van der Waals surface area (Å²) in [6, 6.07) is 32.5. The standard InChI is InChI=1S/C34H27N3O4/c38-31-21-26(20-19-24-11-3-1-4-12-24)37(32(39)23-36-33(40)27-15-7-8-16-28(27)34(36)41)30-18-10-9-17-29(30)35(31)22-25-13-5-2-6-14-25/h1-20,26H,21-23H2/b20-19+. The third kappa shape index (κ3) is 5.05. The van der Waals surface area contributed by atoms with Gasteiger partial charge in [-0.05, 0) is 35.4 Å². The lowest BCUT2D eigenvalue weighted by Crippen LogP contribution is -2.47. The molecule has 1 atom stereocenters. The normalized spacial score (nSPS) is 16.6. The van der Waals surface area contributed by atoms with E-state index in [-0.39, 0.29) is 23.5 Å². The quantitative estimate of drug-likeness (QED) is 0.309. The van der Waals surface area contributed by atoms with Gasteiger partial charge in [-0.1, -0.05) is 97.1 Å². The largest absolute Gasteiger partial charge is 0.306 e. The molecule has 4 amide bonds. The fraction of sp³-hybridized carbons (Fsp3) is 0.118. The summed E-state index contributed by atoms with van der Waals surface area (Å²) >= 11 is 0. The summed E-state index contributed by atoms with van der Waals surface area (Å²) in [6.45, 7) is -0.102. The summed E-state index contributed by atoms with van der Waals surface area (Å²) in [5, 5.41) is 0. The highest BCUT2D eigenvalue weighted by atomic mass is 16.2. The Labute approximate surface area is 237 Å². The zero-order valence-corrected chi connectivity index (χ0v) is 22.2. The van der Waals surface area contributed by atoms with Gasteiger partial charge in [-0.2, -0.15) is 0 Å². The molecule has 0 bridgehead atoms. The van der Waals surface area contributed by atoms with Crippen molar-refractivity contribution in [1.82, 2.24) is 4.90 Å². The van der Waals surface area contributed by atoms with E-state index in [2.05, 4.69) is 0 Å². The van der Waals surface area contributed by atoms with Crippen LogP contribution in [0.1, 0.15) is 38.3 Å². The van der Waals surface area contributed by atoms with E-state index in [4.69, 9.17) is 0 Å². The number of hydrogen-bond acceptors (Lipinski definition) is 4. The molecular formula is C34H27N3O4. The molecule has 0 saturated heterocycles. The molecule has 2 heterocycles. The minimum Gasteiger partial charge on any atom is -0.306 e. The van der Waals surface area contributed by atoms with Gasteiger partial charge in [0.2, 0.25) is 11.8 Å². The topological polar surface area (TPSA) is 78.0 Å². The predicted octanol–water partition coefficient (Wildman–Crippen LogP) is 5.33. The van der Waals surface area contributed by atoms with Crippen LogP contribution in [0, 0.1) is 0 Å². The van der Waals surface area contributed by atoms with E-state index in [0.717, 1.165) is 16.0 Å². The second kappa shape index (κ2) is 11.1. The molecule has 7 nitrogen and oxygen atoms in total. The minimum absolute atomic E-state index is 0.0265. The highest BCUT2D eigenvalue weighted by Gasteiger charge is 2.40. The molecule has 7 heteroatoms. The molecule has 0 radical (unpaired) electrons. The highest BCUT2D eigenvalue weighted by molar-refractivity contribution is 6.23. The number of fused-ring (bicyclic) bond motifs is 2. The summed E-state index contributed by atoms with van der Waals surface area (Å²) in [5.74, 6) is -1.59. The Kier molecular flexibility index (Phi) is 7.00. The Hall–Kier alpha value is -5.30. The van der Waals surface area contributed by atoms with E-state index in [1.165, 1.54) is 0 Å². The van der Waals surface area contributed by atoms with Crippen LogP contribution in [0.5, 0.6) is 0 Å². The Morgan fingerprint density at radius 3 is 1.90 bits per heavy atom. The predicted molar refractivity (Wildman–Crippen MR) is 157 cm³/mol. The third-order valence-electron chi connectivity index (χ3n) is 7.38. The maximum Gasteiger partial charge on any atom is 0.262 e. The van der Waals surface area contributed by atoms with Gasteiger partial charge in [0.1, 0.15) is 6.54 Å². The number of imide groups is 1. The molecule has 41 heavy (non-hydrogen) atoms. The molecule has 0 aliphatic carbocycles. The van der Waals surface area contributed by atoms with Gasteiger partial charge >= 0.3 is 0 Å². The van der Waals surface area contributed by atoms with Gasteiger partial charge < -0.3 is 9.80 Å². The van der Waals surface area contributed by atoms with Crippen LogP contribution < -0.4 is 9.80 Å². The van der Waals surface area contributed by atoms with Crippen molar-refractivity contribution in [2.24, 2.45) is 0 Å². The molecule has 0 saturated carbocycles. The van der Waals surface area contributed by atoms with Crippen LogP contribution in [0.3, 0.4) is 0 Å². The maximum atomic E-state index is 14.1. The van der Waals surface area contributed by atoms with Gasteiger partial charge in [0.15, 0.2) is 0 Å². The van der Waals surface area contributed by atoms with Crippen LogP contribution in [-0.2, 0) is 16.1 Å². The first-order valence-electron chi connectivity index (χ1n) is 13.4. The number of carbonyl (C=O) groups is 4. The van der Waals surface area contributed by atoms with Crippen molar-refractivity contribution in [1.29, 1.82) is 0 Å². The first-order chi connectivity index (χ1) is 20.0. The molecule has 6 rings (SSSR count). The summed E-state index contributed by atoms with van der Waals surface area (Å²) in [7, 11) is 0. The monoisotopic (exact) mass is 541 g/mol. The zero-order valence-electron chi connectivity index (χ0n) is 22.2. The van der Waals surface area contributed by atoms with Crippen LogP contribution in [-0.4, -0.2) is 41.1 Å². The molecule has 1 unspecified atom stereocenters. The van der Waals surface area contributed by atoms with Crippen LogP contribution in [0.2, 0.25) is 0 Å². The van der Waals surface area contributed by atoms with Gasteiger partial charge in [-0.15, -0.1) is 0 Å². The molecule has 0 N–H and O–H groups in total. The second-order valence-electron chi connectivity index (χ2n) is 10.0. The van der Waals surface area contributed by atoms with E-state index >= 15 is 0 Å².